The van der Waals surface area contributed by atoms with E-state index in [0.717, 1.165) is 40.7 Å². The van der Waals surface area contributed by atoms with Crippen molar-refractivity contribution in [2.24, 2.45) is 5.92 Å². The molecule has 0 aliphatic heterocycles. The summed E-state index contributed by atoms with van der Waals surface area (Å²) < 4.78 is 1.20. The molecule has 1 aliphatic carbocycles. The van der Waals surface area contributed by atoms with Gasteiger partial charge in [0.05, 0.1) is 10.2 Å². The fourth-order valence-electron chi connectivity index (χ4n) is 4.22. The van der Waals surface area contributed by atoms with Crippen LogP contribution in [0.15, 0.2) is 5.16 Å². The van der Waals surface area contributed by atoms with Crippen LogP contribution in [0.4, 0.5) is 5.82 Å². The summed E-state index contributed by atoms with van der Waals surface area (Å²) in [6, 6.07) is 0. The minimum atomic E-state index is 0.627. The lowest BCUT2D eigenvalue weighted by molar-refractivity contribution is 0.632. The topological polar surface area (TPSA) is 41.9 Å². The van der Waals surface area contributed by atoms with Crippen LogP contribution in [0.2, 0.25) is 0 Å². The summed E-state index contributed by atoms with van der Waals surface area (Å²) in [5.74, 6) is 1.70. The van der Waals surface area contributed by atoms with Crippen molar-refractivity contribution in [1.82, 2.24) is 15.0 Å². The van der Waals surface area contributed by atoms with Gasteiger partial charge < -0.3 is 4.90 Å². The number of hydrogen-bond donors (Lipinski definition) is 0. The third kappa shape index (κ3) is 3.50. The Morgan fingerprint density at radius 2 is 1.93 bits per heavy atom. The van der Waals surface area contributed by atoms with Crippen molar-refractivity contribution >= 4 is 49.3 Å². The van der Waals surface area contributed by atoms with Crippen molar-refractivity contribution < 1.29 is 0 Å². The summed E-state index contributed by atoms with van der Waals surface area (Å²) in [6.45, 7) is 7.83. The zero-order valence-electron chi connectivity index (χ0n) is 17.6. The third-order valence-corrected chi connectivity index (χ3v) is 7.19. The van der Waals surface area contributed by atoms with Gasteiger partial charge in [0.15, 0.2) is 11.0 Å². The maximum atomic E-state index is 5.17. The van der Waals surface area contributed by atoms with Crippen molar-refractivity contribution in [1.29, 1.82) is 0 Å². The van der Waals surface area contributed by atoms with Gasteiger partial charge in [-0.05, 0) is 55.4 Å². The molecule has 0 aromatic carbocycles. The van der Waals surface area contributed by atoms with Crippen molar-refractivity contribution in [2.75, 3.05) is 24.7 Å². The molecule has 0 amide bonds. The number of aromatic nitrogens is 3. The average molecular weight is 415 g/mol. The zero-order valence-corrected chi connectivity index (χ0v) is 19.3. The summed E-state index contributed by atoms with van der Waals surface area (Å²) in [5.41, 5.74) is 5.46. The van der Waals surface area contributed by atoms with Crippen LogP contribution in [0.5, 0.6) is 0 Å². The Labute approximate surface area is 176 Å². The molecule has 0 saturated carbocycles. The summed E-state index contributed by atoms with van der Waals surface area (Å²) in [5, 5.41) is 2.17. The van der Waals surface area contributed by atoms with E-state index in [2.05, 4.69) is 39.0 Å². The first-order valence-corrected chi connectivity index (χ1v) is 12.5. The van der Waals surface area contributed by atoms with Gasteiger partial charge in [-0.25, -0.2) is 15.0 Å². The van der Waals surface area contributed by atoms with Gasteiger partial charge in [-0.2, -0.15) is 0 Å². The van der Waals surface area contributed by atoms with E-state index >= 15 is 0 Å². The minimum Gasteiger partial charge on any atom is -0.358 e. The van der Waals surface area contributed by atoms with Gasteiger partial charge >= 0.3 is 0 Å². The van der Waals surface area contributed by atoms with E-state index in [-0.39, 0.29) is 0 Å². The Morgan fingerprint density at radius 1 is 1.14 bits per heavy atom. The Bertz CT molecular complexity index is 1010. The van der Waals surface area contributed by atoms with Gasteiger partial charge in [-0.3, -0.25) is 0 Å². The van der Waals surface area contributed by atoms with Gasteiger partial charge in [-0.1, -0.05) is 39.0 Å². The van der Waals surface area contributed by atoms with Crippen LogP contribution in [-0.4, -0.2) is 34.8 Å². The minimum absolute atomic E-state index is 0.627. The summed E-state index contributed by atoms with van der Waals surface area (Å²) in [6.07, 6.45) is 9.06. The average Bonchev–Trinajstić information content (AvgIpc) is 3.28. The monoisotopic (exact) mass is 414 g/mol. The number of aryl methyl sites for hydroxylation is 1. The summed E-state index contributed by atoms with van der Waals surface area (Å²) >= 11 is 3.42. The highest BCUT2D eigenvalue weighted by Gasteiger charge is 2.25. The SMILES string of the molecule is CCCCN(C)c1nc(SC)nc2c1sc1nc(CC(C)C)c3c(c12)CCC3. The maximum absolute atomic E-state index is 5.17. The number of anilines is 1. The maximum Gasteiger partial charge on any atom is 0.189 e. The fourth-order valence-corrected chi connectivity index (χ4v) is 5.79. The summed E-state index contributed by atoms with van der Waals surface area (Å²) in [4.78, 5) is 18.5. The molecular formula is C22H30N4S2. The number of thioether (sulfide) groups is 1. The molecule has 0 spiro atoms. The second kappa shape index (κ2) is 8.15. The van der Waals surface area contributed by atoms with Crippen LogP contribution in [0.25, 0.3) is 20.4 Å². The molecule has 0 N–H and O–H groups in total. The predicted octanol–water partition coefficient (Wildman–Crippen LogP) is 5.88. The number of hydrogen-bond acceptors (Lipinski definition) is 6. The first-order valence-electron chi connectivity index (χ1n) is 10.4. The van der Waals surface area contributed by atoms with Crippen molar-refractivity contribution in [3.8, 4) is 0 Å². The van der Waals surface area contributed by atoms with E-state index in [0.29, 0.717) is 5.92 Å². The molecule has 0 bridgehead atoms. The first-order chi connectivity index (χ1) is 13.5. The highest BCUT2D eigenvalue weighted by molar-refractivity contribution is 7.98. The van der Waals surface area contributed by atoms with Crippen LogP contribution in [0.3, 0.4) is 0 Å². The van der Waals surface area contributed by atoms with Crippen LogP contribution in [0, 0.1) is 5.92 Å². The Hall–Kier alpha value is -1.40. The van der Waals surface area contributed by atoms with E-state index in [1.807, 2.05) is 0 Å². The molecule has 28 heavy (non-hydrogen) atoms. The smallest absolute Gasteiger partial charge is 0.189 e. The number of rotatable bonds is 7. The number of pyridine rings is 1. The molecule has 6 heteroatoms. The summed E-state index contributed by atoms with van der Waals surface area (Å²) in [7, 11) is 2.16. The van der Waals surface area contributed by atoms with Crippen LogP contribution < -0.4 is 4.90 Å². The lowest BCUT2D eigenvalue weighted by Gasteiger charge is -2.18. The van der Waals surface area contributed by atoms with Crippen molar-refractivity contribution in [3.05, 3.63) is 16.8 Å². The molecule has 3 aromatic heterocycles. The van der Waals surface area contributed by atoms with Gasteiger partial charge in [0, 0.05) is 24.7 Å². The van der Waals surface area contributed by atoms with Gasteiger partial charge in [0.25, 0.3) is 0 Å². The Balaban J connectivity index is 1.97. The molecule has 1 aliphatic rings. The van der Waals surface area contributed by atoms with Crippen molar-refractivity contribution in [3.63, 3.8) is 0 Å². The molecule has 4 nitrogen and oxygen atoms in total. The quantitative estimate of drug-likeness (QED) is 0.356. The van der Waals surface area contributed by atoms with Gasteiger partial charge in [0.1, 0.15) is 4.83 Å². The molecule has 0 fully saturated rings. The van der Waals surface area contributed by atoms with E-state index in [1.54, 1.807) is 23.1 Å². The number of fused-ring (bicyclic) bond motifs is 5. The number of nitrogens with zero attached hydrogens (tertiary/aromatic N) is 4. The van der Waals surface area contributed by atoms with Crippen LogP contribution in [-0.2, 0) is 19.3 Å². The highest BCUT2D eigenvalue weighted by Crippen LogP contribution is 2.43. The number of thiophene rings is 1. The normalized spacial score (nSPS) is 13.8. The van der Waals surface area contributed by atoms with Crippen molar-refractivity contribution in [2.45, 2.75) is 64.5 Å². The van der Waals surface area contributed by atoms with Crippen LogP contribution >= 0.6 is 23.1 Å². The molecule has 3 heterocycles. The van der Waals surface area contributed by atoms with E-state index in [4.69, 9.17) is 15.0 Å². The molecule has 0 saturated heterocycles. The first kappa shape index (κ1) is 19.9. The van der Waals surface area contributed by atoms with E-state index in [1.165, 1.54) is 52.6 Å². The van der Waals surface area contributed by atoms with Gasteiger partial charge in [-0.15, -0.1) is 11.3 Å². The third-order valence-electron chi connectivity index (χ3n) is 5.57. The molecule has 3 aromatic rings. The van der Waals surface area contributed by atoms with Crippen LogP contribution in [0.1, 0.15) is 56.9 Å². The molecule has 0 radical (unpaired) electrons. The second-order valence-electron chi connectivity index (χ2n) is 8.24. The number of unbranched alkanes of at least 4 members (excludes halogenated alkanes) is 1. The van der Waals surface area contributed by atoms with Gasteiger partial charge in [0.2, 0.25) is 0 Å². The second-order valence-corrected chi connectivity index (χ2v) is 10.0. The standard InChI is InChI=1S/C22H30N4S2/c1-6-7-11-26(4)20-19-18(24-22(25-20)27-5)17-15-10-8-9-14(15)16(12-13(2)3)23-21(17)28-19/h13H,6-12H2,1-5H3. The lowest BCUT2D eigenvalue weighted by Crippen LogP contribution is -2.20. The fraction of sp³-hybridized carbons (Fsp3) is 0.591. The largest absolute Gasteiger partial charge is 0.358 e. The Kier molecular flexibility index (Phi) is 5.79. The molecule has 0 unspecified atom stereocenters. The zero-order chi connectivity index (χ0) is 19.8. The lowest BCUT2D eigenvalue weighted by atomic mass is 9.99. The highest BCUT2D eigenvalue weighted by atomic mass is 32.2. The molecule has 0 atom stereocenters. The van der Waals surface area contributed by atoms with E-state index < -0.39 is 0 Å². The molecule has 150 valence electrons. The Morgan fingerprint density at radius 3 is 2.64 bits per heavy atom. The molecule has 4 rings (SSSR count). The van der Waals surface area contributed by atoms with E-state index in [9.17, 15) is 0 Å². The molecular weight excluding hydrogens is 384 g/mol. The predicted molar refractivity (Wildman–Crippen MR) is 123 cm³/mol.